The zero-order chi connectivity index (χ0) is 27.8. The maximum Gasteiger partial charge on any atom is 0.395 e. The zero-order valence-electron chi connectivity index (χ0n) is 22.0. The van der Waals surface area contributed by atoms with Crippen LogP contribution in [0.1, 0.15) is 50.5 Å². The lowest BCUT2D eigenvalue weighted by molar-refractivity contribution is -0.386. The minimum atomic E-state index is -4.26. The fraction of sp³-hybridized carbons (Fsp3) is 0.536. The number of likely N-dealkylation sites (tertiary alicyclic amines) is 1. The molecule has 0 bridgehead atoms. The number of nitrogens with zero attached hydrogens (tertiary/aromatic N) is 3. The highest BCUT2D eigenvalue weighted by molar-refractivity contribution is 7.99. The first-order chi connectivity index (χ1) is 18.8. The Morgan fingerprint density at radius 3 is 2.69 bits per heavy atom. The number of piperidine rings is 1. The van der Waals surface area contributed by atoms with Crippen molar-refractivity contribution in [2.75, 3.05) is 32.6 Å². The van der Waals surface area contributed by atoms with Crippen LogP contribution in [-0.4, -0.2) is 53.5 Å². The van der Waals surface area contributed by atoms with Crippen molar-refractivity contribution in [3.8, 4) is 11.5 Å². The molecule has 0 N–H and O–H groups in total. The number of nitro benzene ring substituents is 1. The molecule has 1 atom stereocenters. The second-order valence-corrected chi connectivity index (χ2v) is 11.0. The van der Waals surface area contributed by atoms with Crippen molar-refractivity contribution in [1.82, 2.24) is 9.88 Å². The average molecular weight is 566 g/mol. The van der Waals surface area contributed by atoms with Gasteiger partial charge in [0.1, 0.15) is 0 Å². The lowest BCUT2D eigenvalue weighted by Crippen LogP contribution is -2.37. The molecule has 1 fully saturated rings. The Balaban J connectivity index is 1.27. The summed E-state index contributed by atoms with van der Waals surface area (Å²) >= 11 is 1.60. The Hall–Kier alpha value is -2.79. The smallest absolute Gasteiger partial charge is 0.395 e. The number of aromatic nitrogens is 1. The number of alkyl halides is 3. The van der Waals surface area contributed by atoms with Crippen LogP contribution in [0.25, 0.3) is 12.2 Å². The van der Waals surface area contributed by atoms with Crippen LogP contribution >= 0.6 is 11.8 Å². The molecule has 2 aromatic rings. The first-order valence-electron chi connectivity index (χ1n) is 13.3. The molecule has 1 aromatic heterocycles. The first-order valence-corrected chi connectivity index (χ1v) is 14.3. The summed E-state index contributed by atoms with van der Waals surface area (Å²) < 4.78 is 50.5. The van der Waals surface area contributed by atoms with Gasteiger partial charge in [0.2, 0.25) is 5.75 Å². The summed E-state index contributed by atoms with van der Waals surface area (Å²) in [5.74, 6) is -0.165. The molecule has 0 radical (unpaired) electrons. The molecule has 2 aliphatic rings. The number of benzene rings is 1. The van der Waals surface area contributed by atoms with Crippen LogP contribution in [0.2, 0.25) is 0 Å². The maximum absolute atomic E-state index is 13.1. The topological polar surface area (TPSA) is 77.7 Å². The Labute approximate surface area is 230 Å². The van der Waals surface area contributed by atoms with E-state index in [0.717, 1.165) is 60.2 Å². The first kappa shape index (κ1) is 29.2. The molecule has 1 unspecified atom stereocenters. The third-order valence-electron chi connectivity index (χ3n) is 7.00. The van der Waals surface area contributed by atoms with E-state index in [1.54, 1.807) is 30.1 Å². The van der Waals surface area contributed by atoms with Gasteiger partial charge in [0, 0.05) is 28.9 Å². The van der Waals surface area contributed by atoms with Gasteiger partial charge in [-0.1, -0.05) is 12.5 Å². The quantitative estimate of drug-likeness (QED) is 0.146. The van der Waals surface area contributed by atoms with Gasteiger partial charge < -0.3 is 9.47 Å². The van der Waals surface area contributed by atoms with Gasteiger partial charge >= 0.3 is 11.9 Å². The summed E-state index contributed by atoms with van der Waals surface area (Å²) in [7, 11) is 1.49. The van der Waals surface area contributed by atoms with E-state index < -0.39 is 17.0 Å². The van der Waals surface area contributed by atoms with Crippen LogP contribution < -0.4 is 20.0 Å². The predicted molar refractivity (Wildman–Crippen MR) is 145 cm³/mol. The fourth-order valence-corrected chi connectivity index (χ4v) is 6.01. The Morgan fingerprint density at radius 1 is 1.18 bits per heavy atom. The van der Waals surface area contributed by atoms with E-state index in [1.807, 2.05) is 12.1 Å². The number of pyridine rings is 1. The lowest BCUT2D eigenvalue weighted by atomic mass is 9.99. The molecular weight excluding hydrogens is 531 g/mol. The number of hydrogen-bond donors (Lipinski definition) is 0. The second-order valence-electron chi connectivity index (χ2n) is 9.86. The van der Waals surface area contributed by atoms with Crippen molar-refractivity contribution in [3.05, 3.63) is 50.6 Å². The monoisotopic (exact) mass is 565 g/mol. The number of hydrogen-bond acceptors (Lipinski definition) is 7. The van der Waals surface area contributed by atoms with Crippen molar-refractivity contribution in [1.29, 1.82) is 0 Å². The van der Waals surface area contributed by atoms with Gasteiger partial charge in [-0.25, -0.2) is 0 Å². The van der Waals surface area contributed by atoms with Gasteiger partial charge in [-0.05, 0) is 81.1 Å². The van der Waals surface area contributed by atoms with Crippen LogP contribution in [0.4, 0.5) is 18.9 Å². The van der Waals surface area contributed by atoms with Gasteiger partial charge in [0.05, 0.1) is 29.9 Å². The Bertz CT molecular complexity index is 1270. The highest BCUT2D eigenvalue weighted by atomic mass is 32.2. The SMILES string of the molecule is COc1cc(CN2CCCCC2)cc([N+](=O)[O-])c1OCCCCCSc1ccnc2c1=CCC(C(F)(F)F)C=2. The molecule has 11 heteroatoms. The van der Waals surface area contributed by atoms with Gasteiger partial charge in [-0.2, -0.15) is 13.2 Å². The predicted octanol–water partition coefficient (Wildman–Crippen LogP) is 5.47. The molecule has 1 aliphatic heterocycles. The number of thioether (sulfide) groups is 1. The highest BCUT2D eigenvalue weighted by Crippen LogP contribution is 2.39. The van der Waals surface area contributed by atoms with Crippen molar-refractivity contribution in [2.45, 2.75) is 62.6 Å². The minimum absolute atomic E-state index is 0.0675. The molecule has 4 rings (SSSR count). The molecule has 2 heterocycles. The third kappa shape index (κ3) is 7.88. The minimum Gasteiger partial charge on any atom is -0.493 e. The van der Waals surface area contributed by atoms with Gasteiger partial charge in [0.25, 0.3) is 0 Å². The number of nitro groups is 1. The number of halogens is 3. The van der Waals surface area contributed by atoms with E-state index in [4.69, 9.17) is 9.47 Å². The molecule has 1 aliphatic carbocycles. The summed E-state index contributed by atoms with van der Waals surface area (Å²) in [4.78, 5) is 18.7. The largest absolute Gasteiger partial charge is 0.493 e. The van der Waals surface area contributed by atoms with Crippen molar-refractivity contribution in [3.63, 3.8) is 0 Å². The van der Waals surface area contributed by atoms with Crippen molar-refractivity contribution in [2.24, 2.45) is 5.92 Å². The van der Waals surface area contributed by atoms with Crippen LogP contribution in [0.5, 0.6) is 11.5 Å². The average Bonchev–Trinajstić information content (AvgIpc) is 2.92. The van der Waals surface area contributed by atoms with Crippen molar-refractivity contribution < 1.29 is 27.6 Å². The molecule has 0 saturated carbocycles. The Morgan fingerprint density at radius 2 is 1.97 bits per heavy atom. The molecular formula is C28H34F3N3O4S. The van der Waals surface area contributed by atoms with E-state index in [9.17, 15) is 23.3 Å². The summed E-state index contributed by atoms with van der Waals surface area (Å²) in [5.41, 5.74) is 0.757. The second kappa shape index (κ2) is 13.5. The molecule has 39 heavy (non-hydrogen) atoms. The highest BCUT2D eigenvalue weighted by Gasteiger charge is 2.38. The van der Waals surface area contributed by atoms with Crippen LogP contribution in [-0.2, 0) is 6.54 Å². The van der Waals surface area contributed by atoms with Crippen molar-refractivity contribution >= 4 is 29.6 Å². The Kier molecular flexibility index (Phi) is 10.1. The fourth-order valence-electron chi connectivity index (χ4n) is 4.95. The zero-order valence-corrected chi connectivity index (χ0v) is 22.9. The third-order valence-corrected chi connectivity index (χ3v) is 8.16. The van der Waals surface area contributed by atoms with E-state index in [0.29, 0.717) is 30.7 Å². The summed E-state index contributed by atoms with van der Waals surface area (Å²) in [6.07, 6.45) is 5.99. The van der Waals surface area contributed by atoms with E-state index in [1.165, 1.54) is 19.6 Å². The summed E-state index contributed by atoms with van der Waals surface area (Å²) in [5, 5.41) is 13.0. The van der Waals surface area contributed by atoms with E-state index >= 15 is 0 Å². The molecule has 212 valence electrons. The van der Waals surface area contributed by atoms with Gasteiger partial charge in [-0.3, -0.25) is 20.0 Å². The molecule has 0 amide bonds. The van der Waals surface area contributed by atoms with Crippen LogP contribution in [0.15, 0.2) is 29.3 Å². The normalized spacial score (nSPS) is 17.6. The summed E-state index contributed by atoms with van der Waals surface area (Å²) in [6.45, 7) is 2.95. The number of fused-ring (bicyclic) bond motifs is 1. The summed E-state index contributed by atoms with van der Waals surface area (Å²) in [6, 6.07) is 5.25. The number of unbranched alkanes of at least 4 members (excludes halogenated alkanes) is 2. The van der Waals surface area contributed by atoms with Gasteiger partial charge in [-0.15, -0.1) is 11.8 Å². The molecule has 7 nitrogen and oxygen atoms in total. The number of rotatable bonds is 12. The van der Waals surface area contributed by atoms with E-state index in [2.05, 4.69) is 9.88 Å². The maximum atomic E-state index is 13.1. The van der Waals surface area contributed by atoms with Crippen LogP contribution in [0.3, 0.4) is 0 Å². The molecule has 1 aromatic carbocycles. The number of methoxy groups -OCH3 is 1. The lowest BCUT2D eigenvalue weighted by Gasteiger charge is -2.26. The molecule has 1 saturated heterocycles. The standard InChI is InChI=1S/C28H34F3N3O4S/c1-37-25-17-20(19-33-12-4-2-5-13-33)16-24(34(35)36)27(25)38-14-6-3-7-15-39-26-10-11-32-23-18-21(28(29,30)31)8-9-22(23)26/h9-11,16-18,21H,2-8,12-15,19H2,1H3. The van der Waals surface area contributed by atoms with E-state index in [-0.39, 0.29) is 17.9 Å². The van der Waals surface area contributed by atoms with Crippen LogP contribution in [0, 0.1) is 16.0 Å². The number of ether oxygens (including phenoxy) is 2. The van der Waals surface area contributed by atoms with Gasteiger partial charge in [0.15, 0.2) is 5.75 Å². The molecule has 0 spiro atoms.